The molecule has 0 aliphatic carbocycles. The Bertz CT molecular complexity index is 1170. The number of likely N-dealkylation sites (tertiary alicyclic amines) is 2. The highest BCUT2D eigenvalue weighted by Crippen LogP contribution is 2.32. The van der Waals surface area contributed by atoms with Gasteiger partial charge in [-0.15, -0.1) is 0 Å². The normalized spacial score (nSPS) is 33.5. The lowest BCUT2D eigenvalue weighted by atomic mass is 9.99. The lowest BCUT2D eigenvalue weighted by Gasteiger charge is -2.39. The van der Waals surface area contributed by atoms with Crippen molar-refractivity contribution in [2.24, 2.45) is 0 Å². The van der Waals surface area contributed by atoms with Crippen molar-refractivity contribution >= 4 is 23.9 Å². The van der Waals surface area contributed by atoms with E-state index in [0.29, 0.717) is 32.1 Å². The Morgan fingerprint density at radius 1 is 1.00 bits per heavy atom. The van der Waals surface area contributed by atoms with E-state index < -0.39 is 73.6 Å². The molecule has 4 fully saturated rings. The highest BCUT2D eigenvalue weighted by molar-refractivity contribution is 5.87. The van der Waals surface area contributed by atoms with Crippen molar-refractivity contribution in [3.8, 4) is 5.75 Å². The van der Waals surface area contributed by atoms with E-state index in [1.54, 1.807) is 0 Å². The molecule has 4 saturated heterocycles. The summed E-state index contributed by atoms with van der Waals surface area (Å²) in [5, 5.41) is 48.9. The molecule has 0 spiro atoms. The molecule has 4 aliphatic rings. The SMILES string of the molecule is O=C(O)[C@H]1O[C@@H](OC(=O)N2C[C@@H](N3CCN(c4ncc(O)cn4)CC3)C[C@H]2C(=O)N2CCC(F)(F)C2)[C@H](O)[C@@H](O)[C@@H]1O. The minimum atomic E-state index is -3.06. The van der Waals surface area contributed by atoms with Gasteiger partial charge in [0.05, 0.1) is 18.9 Å². The maximum absolute atomic E-state index is 13.9. The number of hydrogen-bond acceptors (Lipinski definition) is 13. The fourth-order valence-corrected chi connectivity index (χ4v) is 5.73. The van der Waals surface area contributed by atoms with Crippen molar-refractivity contribution in [3.63, 3.8) is 0 Å². The molecule has 0 saturated carbocycles. The minimum absolute atomic E-state index is 0.0501. The minimum Gasteiger partial charge on any atom is -0.505 e. The average molecular weight is 603 g/mol. The number of nitrogens with zero attached hydrogens (tertiary/aromatic N) is 6. The first-order chi connectivity index (χ1) is 19.8. The van der Waals surface area contributed by atoms with Crippen LogP contribution in [0, 0.1) is 0 Å². The van der Waals surface area contributed by atoms with Gasteiger partial charge in [-0.25, -0.2) is 28.3 Å². The van der Waals surface area contributed by atoms with E-state index in [1.165, 1.54) is 12.4 Å². The number of piperazine rings is 1. The Hall–Kier alpha value is -3.45. The van der Waals surface area contributed by atoms with E-state index in [9.17, 15) is 48.7 Å². The molecule has 5 N–H and O–H groups in total. The van der Waals surface area contributed by atoms with E-state index in [2.05, 4.69) is 9.97 Å². The van der Waals surface area contributed by atoms with Crippen LogP contribution in [0.4, 0.5) is 19.5 Å². The van der Waals surface area contributed by atoms with Gasteiger partial charge in [0, 0.05) is 51.7 Å². The zero-order chi connectivity index (χ0) is 30.3. The van der Waals surface area contributed by atoms with Gasteiger partial charge in [-0.2, -0.15) is 0 Å². The third kappa shape index (κ3) is 6.03. The zero-order valence-electron chi connectivity index (χ0n) is 22.3. The number of aliphatic hydroxyl groups excluding tert-OH is 3. The summed E-state index contributed by atoms with van der Waals surface area (Å²) in [5.41, 5.74) is 0. The van der Waals surface area contributed by atoms with Crippen molar-refractivity contribution in [1.82, 2.24) is 24.7 Å². The van der Waals surface area contributed by atoms with Crippen LogP contribution in [-0.2, 0) is 19.1 Å². The molecule has 0 aromatic carbocycles. The fraction of sp³-hybridized carbons (Fsp3) is 0.708. The maximum atomic E-state index is 13.9. The van der Waals surface area contributed by atoms with E-state index in [0.717, 1.165) is 9.80 Å². The van der Waals surface area contributed by atoms with Crippen LogP contribution in [0.25, 0.3) is 0 Å². The van der Waals surface area contributed by atoms with E-state index in [4.69, 9.17) is 9.47 Å². The second kappa shape index (κ2) is 11.7. The topological polar surface area (TPSA) is 210 Å². The van der Waals surface area contributed by atoms with Gasteiger partial charge in [-0.05, 0) is 6.42 Å². The molecule has 5 heterocycles. The van der Waals surface area contributed by atoms with Gasteiger partial charge in [0.15, 0.2) is 11.9 Å². The van der Waals surface area contributed by atoms with Crippen molar-refractivity contribution in [2.75, 3.05) is 50.7 Å². The molecule has 1 aromatic heterocycles. The zero-order valence-corrected chi connectivity index (χ0v) is 22.3. The van der Waals surface area contributed by atoms with Crippen LogP contribution in [0.2, 0.25) is 0 Å². The highest BCUT2D eigenvalue weighted by Gasteiger charge is 2.52. The van der Waals surface area contributed by atoms with Crippen LogP contribution in [0.3, 0.4) is 0 Å². The molecule has 5 rings (SSSR count). The lowest BCUT2D eigenvalue weighted by Crippen LogP contribution is -2.61. The maximum Gasteiger partial charge on any atom is 0.412 e. The molecular formula is C24H32F2N6O10. The van der Waals surface area contributed by atoms with Gasteiger partial charge in [0.1, 0.15) is 24.4 Å². The number of aliphatic carboxylic acids is 1. The van der Waals surface area contributed by atoms with E-state index in [1.807, 2.05) is 9.80 Å². The summed E-state index contributed by atoms with van der Waals surface area (Å²) >= 11 is 0. The molecular weight excluding hydrogens is 570 g/mol. The van der Waals surface area contributed by atoms with Gasteiger partial charge >= 0.3 is 12.1 Å². The number of hydrogen-bond donors (Lipinski definition) is 5. The Labute approximate surface area is 237 Å². The molecule has 2 amide bonds. The standard InChI is InChI=1S/C24H32F2N6O10/c25-24(26)1-2-31(11-24)19(37)14-7-12(29-3-5-30(6-4-29)22-27-8-13(33)9-28-22)10-32(14)23(40)42-21-17(36)15(34)16(35)18(41-21)20(38)39/h8-9,12,14-18,21,33-36H,1-7,10-11H2,(H,38,39)/t12-,14-,15-,16-,17+,18-,21-/m0/s1. The molecule has 7 atom stereocenters. The fourth-order valence-electron chi connectivity index (χ4n) is 5.73. The summed E-state index contributed by atoms with van der Waals surface area (Å²) in [7, 11) is 0. The number of amides is 2. The Morgan fingerprint density at radius 2 is 1.67 bits per heavy atom. The number of aromatic hydroxyl groups is 1. The molecule has 18 heteroatoms. The summed E-state index contributed by atoms with van der Waals surface area (Å²) in [6.07, 6.45) is -9.06. The second-order valence-corrected chi connectivity index (χ2v) is 10.8. The number of carboxylic acids is 1. The molecule has 232 valence electrons. The van der Waals surface area contributed by atoms with Crippen LogP contribution in [0.1, 0.15) is 12.8 Å². The number of rotatable bonds is 5. The van der Waals surface area contributed by atoms with Crippen LogP contribution in [0.15, 0.2) is 12.4 Å². The van der Waals surface area contributed by atoms with Gasteiger partial charge in [0.25, 0.3) is 5.92 Å². The smallest absolute Gasteiger partial charge is 0.412 e. The third-order valence-electron chi connectivity index (χ3n) is 8.05. The Balaban J connectivity index is 1.29. The second-order valence-electron chi connectivity index (χ2n) is 10.8. The number of ether oxygens (including phenoxy) is 2. The predicted molar refractivity (Wildman–Crippen MR) is 133 cm³/mol. The summed E-state index contributed by atoms with van der Waals surface area (Å²) < 4.78 is 38.0. The summed E-state index contributed by atoms with van der Waals surface area (Å²) in [5.74, 6) is -5.08. The van der Waals surface area contributed by atoms with Gasteiger partial charge < -0.3 is 44.8 Å². The first-order valence-electron chi connectivity index (χ1n) is 13.4. The van der Waals surface area contributed by atoms with Crippen molar-refractivity contribution in [2.45, 2.75) is 61.6 Å². The van der Waals surface area contributed by atoms with E-state index >= 15 is 0 Å². The number of carbonyl (C=O) groups is 3. The van der Waals surface area contributed by atoms with Crippen LogP contribution >= 0.6 is 0 Å². The van der Waals surface area contributed by atoms with Crippen LogP contribution in [-0.4, -0.2) is 163 Å². The number of carbonyl (C=O) groups excluding carboxylic acids is 2. The Morgan fingerprint density at radius 3 is 2.26 bits per heavy atom. The number of aliphatic hydroxyl groups is 3. The molecule has 4 aliphatic heterocycles. The van der Waals surface area contributed by atoms with Gasteiger partial charge in [-0.3, -0.25) is 14.6 Å². The van der Waals surface area contributed by atoms with Gasteiger partial charge in [0.2, 0.25) is 18.1 Å². The molecule has 0 unspecified atom stereocenters. The Kier molecular flexibility index (Phi) is 8.35. The monoisotopic (exact) mass is 602 g/mol. The number of anilines is 1. The van der Waals surface area contributed by atoms with Crippen molar-refractivity contribution in [1.29, 1.82) is 0 Å². The van der Waals surface area contributed by atoms with Crippen LogP contribution < -0.4 is 4.90 Å². The van der Waals surface area contributed by atoms with Crippen LogP contribution in [0.5, 0.6) is 5.75 Å². The first kappa shape index (κ1) is 30.0. The summed E-state index contributed by atoms with van der Waals surface area (Å²) in [6.45, 7) is 0.894. The number of aromatic nitrogens is 2. The average Bonchev–Trinajstić information content (AvgIpc) is 3.57. The molecule has 42 heavy (non-hydrogen) atoms. The van der Waals surface area contributed by atoms with Crippen molar-refractivity contribution in [3.05, 3.63) is 12.4 Å². The van der Waals surface area contributed by atoms with Crippen molar-refractivity contribution < 1.29 is 58.2 Å². The quantitative estimate of drug-likeness (QED) is 0.239. The summed E-state index contributed by atoms with van der Waals surface area (Å²) in [6, 6.07) is -1.57. The highest BCUT2D eigenvalue weighted by atomic mass is 19.3. The van der Waals surface area contributed by atoms with E-state index in [-0.39, 0.29) is 31.3 Å². The molecule has 0 radical (unpaired) electrons. The lowest BCUT2D eigenvalue weighted by molar-refractivity contribution is -0.280. The largest absolute Gasteiger partial charge is 0.505 e. The number of alkyl halides is 2. The molecule has 16 nitrogen and oxygen atoms in total. The molecule has 0 bridgehead atoms. The third-order valence-corrected chi connectivity index (χ3v) is 8.05. The number of halogens is 2. The summed E-state index contributed by atoms with van der Waals surface area (Å²) in [4.78, 5) is 52.3. The number of carboxylic acid groups (broad SMARTS) is 1. The molecule has 1 aromatic rings. The first-order valence-corrected chi connectivity index (χ1v) is 13.4. The predicted octanol–water partition coefficient (Wildman–Crippen LogP) is -2.36. The van der Waals surface area contributed by atoms with Gasteiger partial charge in [-0.1, -0.05) is 0 Å².